The van der Waals surface area contributed by atoms with Crippen LogP contribution in [0.25, 0.3) is 10.9 Å². The van der Waals surface area contributed by atoms with E-state index in [4.69, 9.17) is 4.74 Å². The maximum atomic E-state index is 13.3. The number of ether oxygens (including phenoxy) is 1. The summed E-state index contributed by atoms with van der Waals surface area (Å²) in [5.74, 6) is -0.652. The number of nitrogens with one attached hydrogen (secondary N) is 1. The Bertz CT molecular complexity index is 1560. The summed E-state index contributed by atoms with van der Waals surface area (Å²) in [5.41, 5.74) is 1.18. The molecule has 1 heterocycles. The van der Waals surface area contributed by atoms with E-state index in [1.165, 1.54) is 17.7 Å². The molecule has 34 heavy (non-hydrogen) atoms. The van der Waals surface area contributed by atoms with Gasteiger partial charge in [-0.15, -0.1) is 0 Å². The van der Waals surface area contributed by atoms with Crippen LogP contribution in [0.5, 0.6) is 5.75 Å². The van der Waals surface area contributed by atoms with Crippen LogP contribution >= 0.6 is 0 Å². The molecular formula is C25H21FN2O5S. The molecule has 0 aliphatic carbocycles. The highest BCUT2D eigenvalue weighted by atomic mass is 32.2. The first-order valence-electron chi connectivity index (χ1n) is 10.3. The molecule has 0 fully saturated rings. The van der Waals surface area contributed by atoms with E-state index in [0.717, 1.165) is 36.0 Å². The van der Waals surface area contributed by atoms with Crippen molar-refractivity contribution in [3.63, 3.8) is 0 Å². The van der Waals surface area contributed by atoms with Gasteiger partial charge in [-0.05, 0) is 67.1 Å². The van der Waals surface area contributed by atoms with Crippen molar-refractivity contribution >= 4 is 32.3 Å². The lowest BCUT2D eigenvalue weighted by Gasteiger charge is -2.15. The zero-order valence-electron chi connectivity index (χ0n) is 18.4. The van der Waals surface area contributed by atoms with Gasteiger partial charge in [-0.25, -0.2) is 12.8 Å². The number of anilines is 1. The molecule has 4 rings (SSSR count). The predicted octanol–water partition coefficient (Wildman–Crippen LogP) is 3.93. The number of nitrogens with zero attached hydrogens (tertiary/aromatic N) is 1. The number of aryl methyl sites for hydroxylation is 1. The largest absolute Gasteiger partial charge is 0.497 e. The Labute approximate surface area is 195 Å². The fraction of sp³-hybridized carbons (Fsp3) is 0.120. The van der Waals surface area contributed by atoms with Crippen molar-refractivity contribution in [2.75, 3.05) is 12.4 Å². The lowest BCUT2D eigenvalue weighted by Crippen LogP contribution is -2.24. The number of methoxy groups -OCH3 is 1. The van der Waals surface area contributed by atoms with Gasteiger partial charge in [0.15, 0.2) is 0 Å². The first kappa shape index (κ1) is 23.2. The smallest absolute Gasteiger partial charge is 0.244 e. The Hall–Kier alpha value is -3.98. The number of benzene rings is 3. The lowest BCUT2D eigenvalue weighted by molar-refractivity contribution is -0.116. The Morgan fingerprint density at radius 3 is 2.47 bits per heavy atom. The molecule has 0 saturated heterocycles. The second-order valence-corrected chi connectivity index (χ2v) is 9.63. The van der Waals surface area contributed by atoms with E-state index in [-0.39, 0.29) is 16.8 Å². The molecule has 0 radical (unpaired) electrons. The Balaban J connectivity index is 1.84. The number of carbonyl (C=O) groups is 1. The van der Waals surface area contributed by atoms with Crippen LogP contribution in [0.4, 0.5) is 10.1 Å². The van der Waals surface area contributed by atoms with Crippen LogP contribution in [0.15, 0.2) is 87.5 Å². The Morgan fingerprint density at radius 1 is 1.06 bits per heavy atom. The summed E-state index contributed by atoms with van der Waals surface area (Å²) in [5, 5.41) is 2.85. The van der Waals surface area contributed by atoms with Gasteiger partial charge in [-0.1, -0.05) is 12.1 Å². The number of rotatable bonds is 6. The summed E-state index contributed by atoms with van der Waals surface area (Å²) in [7, 11) is -2.87. The molecule has 0 aliphatic heterocycles. The van der Waals surface area contributed by atoms with E-state index in [0.29, 0.717) is 17.0 Å². The summed E-state index contributed by atoms with van der Waals surface area (Å²) in [6.07, 6.45) is 1.14. The maximum absolute atomic E-state index is 13.3. The van der Waals surface area contributed by atoms with Gasteiger partial charge >= 0.3 is 0 Å². The van der Waals surface area contributed by atoms with Crippen LogP contribution in [0.3, 0.4) is 0 Å². The Kier molecular flexibility index (Phi) is 6.21. The van der Waals surface area contributed by atoms with Gasteiger partial charge in [0, 0.05) is 11.9 Å². The molecule has 1 aromatic heterocycles. The average Bonchev–Trinajstić information content (AvgIpc) is 2.80. The highest BCUT2D eigenvalue weighted by Gasteiger charge is 2.24. The van der Waals surface area contributed by atoms with Crippen molar-refractivity contribution in [2.24, 2.45) is 0 Å². The van der Waals surface area contributed by atoms with E-state index in [1.54, 1.807) is 30.3 Å². The third kappa shape index (κ3) is 4.55. The minimum Gasteiger partial charge on any atom is -0.497 e. The minimum atomic E-state index is -4.29. The van der Waals surface area contributed by atoms with Gasteiger partial charge in [-0.2, -0.15) is 0 Å². The molecule has 0 bridgehead atoms. The van der Waals surface area contributed by atoms with Crippen LogP contribution in [0.2, 0.25) is 0 Å². The van der Waals surface area contributed by atoms with Gasteiger partial charge in [0.1, 0.15) is 23.0 Å². The van der Waals surface area contributed by atoms with Crippen molar-refractivity contribution in [1.29, 1.82) is 0 Å². The van der Waals surface area contributed by atoms with Gasteiger partial charge < -0.3 is 14.6 Å². The SMILES string of the molecule is COc1ccc2c(c1)c(=O)c(S(=O)(=O)c1ccc(F)cc1)cn2CC(=O)Nc1cccc(C)c1. The topological polar surface area (TPSA) is 94.5 Å². The van der Waals surface area contributed by atoms with E-state index < -0.39 is 31.9 Å². The summed E-state index contributed by atoms with van der Waals surface area (Å²) in [6, 6.07) is 16.1. The number of fused-ring (bicyclic) bond motifs is 1. The molecule has 0 aliphatic rings. The number of pyridine rings is 1. The van der Waals surface area contributed by atoms with Crippen LogP contribution in [0.1, 0.15) is 5.56 Å². The monoisotopic (exact) mass is 480 g/mol. The van der Waals surface area contributed by atoms with Crippen LogP contribution in [-0.4, -0.2) is 26.0 Å². The van der Waals surface area contributed by atoms with Crippen LogP contribution in [-0.2, 0) is 21.2 Å². The zero-order chi connectivity index (χ0) is 24.5. The number of amides is 1. The summed E-state index contributed by atoms with van der Waals surface area (Å²) in [6.45, 7) is 1.65. The quantitative estimate of drug-likeness (QED) is 0.422. The predicted molar refractivity (Wildman–Crippen MR) is 126 cm³/mol. The minimum absolute atomic E-state index is 0.0749. The van der Waals surface area contributed by atoms with Crippen LogP contribution < -0.4 is 15.5 Å². The molecule has 1 N–H and O–H groups in total. The number of aromatic nitrogens is 1. The van der Waals surface area contributed by atoms with Gasteiger partial charge in [0.25, 0.3) is 0 Å². The number of hydrogen-bond acceptors (Lipinski definition) is 5. The maximum Gasteiger partial charge on any atom is 0.244 e. The molecule has 9 heteroatoms. The van der Waals surface area contributed by atoms with Crippen molar-refractivity contribution < 1.29 is 22.3 Å². The average molecular weight is 481 g/mol. The fourth-order valence-electron chi connectivity index (χ4n) is 3.62. The van der Waals surface area contributed by atoms with E-state index >= 15 is 0 Å². The van der Waals surface area contributed by atoms with Crippen molar-refractivity contribution in [2.45, 2.75) is 23.3 Å². The molecule has 4 aromatic rings. The molecule has 3 aromatic carbocycles. The van der Waals surface area contributed by atoms with Crippen LogP contribution in [0, 0.1) is 12.7 Å². The summed E-state index contributed by atoms with van der Waals surface area (Å²) in [4.78, 5) is 25.3. The summed E-state index contributed by atoms with van der Waals surface area (Å²) >= 11 is 0. The van der Waals surface area contributed by atoms with Gasteiger partial charge in [0.2, 0.25) is 21.2 Å². The second kappa shape index (κ2) is 9.11. The molecule has 0 saturated carbocycles. The molecule has 174 valence electrons. The Morgan fingerprint density at radius 2 is 1.79 bits per heavy atom. The molecule has 1 amide bonds. The van der Waals surface area contributed by atoms with E-state index in [2.05, 4.69) is 5.32 Å². The number of halogens is 1. The molecule has 0 spiro atoms. The fourth-order valence-corrected chi connectivity index (χ4v) is 4.99. The second-order valence-electron chi connectivity index (χ2n) is 7.71. The number of sulfone groups is 1. The van der Waals surface area contributed by atoms with E-state index in [1.807, 2.05) is 13.0 Å². The van der Waals surface area contributed by atoms with E-state index in [9.17, 15) is 22.4 Å². The molecule has 7 nitrogen and oxygen atoms in total. The molecular weight excluding hydrogens is 459 g/mol. The number of carbonyl (C=O) groups excluding carboxylic acids is 1. The molecule has 0 atom stereocenters. The normalized spacial score (nSPS) is 11.4. The zero-order valence-corrected chi connectivity index (χ0v) is 19.2. The highest BCUT2D eigenvalue weighted by Crippen LogP contribution is 2.24. The van der Waals surface area contributed by atoms with Gasteiger partial charge in [-0.3, -0.25) is 9.59 Å². The standard InChI is InChI=1S/C25H21FN2O5S/c1-16-4-3-5-18(12-16)27-24(29)15-28-14-23(34(31,32)20-9-6-17(26)7-10-20)25(30)21-13-19(33-2)8-11-22(21)28/h3-14H,15H2,1-2H3,(H,27,29). The highest BCUT2D eigenvalue weighted by molar-refractivity contribution is 7.91. The first-order chi connectivity index (χ1) is 16.2. The van der Waals surface area contributed by atoms with Crippen molar-refractivity contribution in [3.05, 3.63) is 94.5 Å². The molecule has 0 unspecified atom stereocenters. The lowest BCUT2D eigenvalue weighted by atomic mass is 10.2. The number of hydrogen-bond donors (Lipinski definition) is 1. The third-order valence-corrected chi connectivity index (χ3v) is 7.05. The first-order valence-corrected chi connectivity index (χ1v) is 11.8. The van der Waals surface area contributed by atoms with Crippen molar-refractivity contribution in [3.8, 4) is 5.75 Å². The van der Waals surface area contributed by atoms with Gasteiger partial charge in [0.05, 0.1) is 22.9 Å². The summed E-state index contributed by atoms with van der Waals surface area (Å²) < 4.78 is 46.5. The third-order valence-electron chi connectivity index (χ3n) is 5.28. The van der Waals surface area contributed by atoms with Crippen molar-refractivity contribution in [1.82, 2.24) is 4.57 Å².